The van der Waals surface area contributed by atoms with E-state index >= 15 is 0 Å². The molecule has 2 nitrogen and oxygen atoms in total. The normalized spacial score (nSPS) is 11.3. The molecule has 1 radical (unpaired) electrons. The highest BCUT2D eigenvalue weighted by Gasteiger charge is 1.97. The molecule has 0 atom stereocenters. The van der Waals surface area contributed by atoms with Crippen molar-refractivity contribution in [2.45, 2.75) is 187 Å². The second-order valence-electron chi connectivity index (χ2n) is 10.4. The molecule has 0 saturated carbocycles. The third-order valence-electron chi connectivity index (χ3n) is 7.01. The zero-order valence-electron chi connectivity index (χ0n) is 22.2. The van der Waals surface area contributed by atoms with E-state index in [-0.39, 0.29) is 0 Å². The van der Waals surface area contributed by atoms with Crippen LogP contribution in [0.5, 0.6) is 0 Å². The number of rotatable bonds is 28. The van der Waals surface area contributed by atoms with Crippen molar-refractivity contribution >= 4 is 5.91 Å². The lowest BCUT2D eigenvalue weighted by atomic mass is 10.0. The van der Waals surface area contributed by atoms with Crippen LogP contribution < -0.4 is 5.73 Å². The molecule has 0 aromatic carbocycles. The molecule has 0 saturated heterocycles. The van der Waals surface area contributed by atoms with E-state index < -0.39 is 5.91 Å². The number of hydrogen-bond acceptors (Lipinski definition) is 1. The van der Waals surface area contributed by atoms with Crippen molar-refractivity contribution in [1.29, 1.82) is 0 Å². The molecule has 0 fully saturated rings. The Morgan fingerprint density at radius 2 is 0.562 bits per heavy atom. The van der Waals surface area contributed by atoms with Crippen LogP contribution in [0.15, 0.2) is 0 Å². The van der Waals surface area contributed by atoms with E-state index in [1.807, 2.05) is 0 Å². The summed E-state index contributed by atoms with van der Waals surface area (Å²) in [5, 5.41) is 0. The first-order chi connectivity index (χ1) is 15.8. The molecule has 1 N–H and O–H groups in total. The monoisotopic (exact) mass is 450 g/mol. The first kappa shape index (κ1) is 31.5. The molecule has 0 rings (SSSR count). The van der Waals surface area contributed by atoms with Gasteiger partial charge in [-0.2, -0.15) is 0 Å². The fourth-order valence-electron chi connectivity index (χ4n) is 4.78. The predicted octanol–water partition coefficient (Wildman–Crippen LogP) is 10.7. The summed E-state index contributed by atoms with van der Waals surface area (Å²) in [7, 11) is 0. The third-order valence-corrected chi connectivity index (χ3v) is 7.01. The van der Waals surface area contributed by atoms with E-state index in [9.17, 15) is 4.79 Å². The van der Waals surface area contributed by atoms with Gasteiger partial charge in [0, 0.05) is 6.42 Å². The van der Waals surface area contributed by atoms with Gasteiger partial charge in [-0.05, 0) is 6.42 Å². The molecule has 2 heteroatoms. The Morgan fingerprint density at radius 1 is 0.375 bits per heavy atom. The van der Waals surface area contributed by atoms with Crippen LogP contribution >= 0.6 is 0 Å². The van der Waals surface area contributed by atoms with Crippen LogP contribution in [0.25, 0.3) is 0 Å². The summed E-state index contributed by atoms with van der Waals surface area (Å²) in [6.45, 7) is 2.30. The molecule has 191 valence electrons. The first-order valence-corrected chi connectivity index (χ1v) is 15.0. The minimum Gasteiger partial charge on any atom is -0.273 e. The van der Waals surface area contributed by atoms with Gasteiger partial charge in [-0.25, -0.2) is 0 Å². The Balaban J connectivity index is 3.00. The van der Waals surface area contributed by atoms with Gasteiger partial charge in [0.2, 0.25) is 5.91 Å². The third kappa shape index (κ3) is 29.5. The summed E-state index contributed by atoms with van der Waals surface area (Å²) >= 11 is 0. The highest BCUT2D eigenvalue weighted by Crippen LogP contribution is 2.16. The van der Waals surface area contributed by atoms with Gasteiger partial charge in [0.25, 0.3) is 0 Å². The predicted molar refractivity (Wildman–Crippen MR) is 143 cm³/mol. The summed E-state index contributed by atoms with van der Waals surface area (Å²) in [6.07, 6.45) is 38.3. The lowest BCUT2D eigenvalue weighted by molar-refractivity contribution is -0.118. The van der Waals surface area contributed by atoms with Gasteiger partial charge in [0.15, 0.2) is 0 Å². The number of carbonyl (C=O) groups is 1. The molecule has 0 spiro atoms. The van der Waals surface area contributed by atoms with Crippen LogP contribution in [0, 0.1) is 0 Å². The summed E-state index contributed by atoms with van der Waals surface area (Å²) in [5.74, 6) is -0.399. The maximum absolute atomic E-state index is 10.6. The molecule has 0 aliphatic heterocycles. The van der Waals surface area contributed by atoms with Crippen LogP contribution in [-0.2, 0) is 4.79 Å². The topological polar surface area (TPSA) is 40.9 Å². The largest absolute Gasteiger partial charge is 0.273 e. The van der Waals surface area contributed by atoms with E-state index in [1.165, 1.54) is 161 Å². The zero-order chi connectivity index (χ0) is 23.4. The molecule has 0 aromatic heterocycles. The molecule has 1 amide bonds. The fraction of sp³-hybridized carbons (Fsp3) is 0.967. The Bertz CT molecular complexity index is 355. The summed E-state index contributed by atoms with van der Waals surface area (Å²) < 4.78 is 0. The minimum absolute atomic E-state index is 0.399. The SMILES string of the molecule is CCCCCCCCCCCCCCCCCCCCCCCCCCCCCC([NH])=O. The molecule has 0 bridgehead atoms. The summed E-state index contributed by atoms with van der Waals surface area (Å²) in [6, 6.07) is 0. The molecule has 0 aromatic rings. The number of amides is 1. The van der Waals surface area contributed by atoms with Crippen molar-refractivity contribution in [2.75, 3.05) is 0 Å². The van der Waals surface area contributed by atoms with Crippen molar-refractivity contribution in [3.63, 3.8) is 0 Å². The Morgan fingerprint density at radius 3 is 0.750 bits per heavy atom. The first-order valence-electron chi connectivity index (χ1n) is 15.0. The van der Waals surface area contributed by atoms with Crippen molar-refractivity contribution in [3.05, 3.63) is 0 Å². The van der Waals surface area contributed by atoms with Gasteiger partial charge < -0.3 is 0 Å². The molecule has 0 unspecified atom stereocenters. The number of carbonyl (C=O) groups excluding carboxylic acids is 1. The molecular weight excluding hydrogens is 390 g/mol. The van der Waals surface area contributed by atoms with Crippen molar-refractivity contribution in [2.24, 2.45) is 0 Å². The average Bonchev–Trinajstić information content (AvgIpc) is 2.78. The molecule has 0 aliphatic rings. The van der Waals surface area contributed by atoms with E-state index in [1.54, 1.807) is 0 Å². The standard InChI is InChI=1S/C30H60NO/c1-2-3-4-5-6-7-8-9-10-11-12-13-14-15-16-17-18-19-20-21-22-23-24-25-26-27-28-29-30(31)32/h31H,2-29H2,1H3. The van der Waals surface area contributed by atoms with Gasteiger partial charge in [-0.3, -0.25) is 10.5 Å². The fourth-order valence-corrected chi connectivity index (χ4v) is 4.78. The van der Waals surface area contributed by atoms with Crippen LogP contribution in [0.3, 0.4) is 0 Å². The maximum Gasteiger partial charge on any atom is 0.238 e. The maximum atomic E-state index is 10.6. The zero-order valence-corrected chi connectivity index (χ0v) is 22.2. The van der Waals surface area contributed by atoms with Gasteiger partial charge in [0.1, 0.15) is 0 Å². The van der Waals surface area contributed by atoms with E-state index in [0.717, 1.165) is 12.8 Å². The van der Waals surface area contributed by atoms with Crippen molar-refractivity contribution in [1.82, 2.24) is 5.73 Å². The van der Waals surface area contributed by atoms with Crippen molar-refractivity contribution in [3.8, 4) is 0 Å². The second kappa shape index (κ2) is 28.5. The number of hydrogen-bond donors (Lipinski definition) is 0. The number of unbranched alkanes of at least 4 members (excludes halogenated alkanes) is 26. The lowest BCUT2D eigenvalue weighted by Gasteiger charge is -2.04. The lowest BCUT2D eigenvalue weighted by Crippen LogP contribution is -1.96. The van der Waals surface area contributed by atoms with Gasteiger partial charge in [-0.15, -0.1) is 0 Å². The molecule has 0 heterocycles. The van der Waals surface area contributed by atoms with Gasteiger partial charge in [-0.1, -0.05) is 174 Å². The van der Waals surface area contributed by atoms with E-state index in [2.05, 4.69) is 6.92 Å². The Kier molecular flexibility index (Phi) is 28.0. The Labute approximate surface area is 203 Å². The summed E-state index contributed by atoms with van der Waals surface area (Å²) in [5.41, 5.74) is 6.88. The second-order valence-corrected chi connectivity index (χ2v) is 10.4. The van der Waals surface area contributed by atoms with Gasteiger partial charge >= 0.3 is 0 Å². The van der Waals surface area contributed by atoms with Crippen molar-refractivity contribution < 1.29 is 4.79 Å². The van der Waals surface area contributed by atoms with E-state index in [4.69, 9.17) is 5.73 Å². The summed E-state index contributed by atoms with van der Waals surface area (Å²) in [4.78, 5) is 10.6. The molecule has 0 aliphatic carbocycles. The molecular formula is C30H60NO. The van der Waals surface area contributed by atoms with E-state index in [0.29, 0.717) is 6.42 Å². The van der Waals surface area contributed by atoms with Crippen LogP contribution in [-0.4, -0.2) is 5.91 Å². The van der Waals surface area contributed by atoms with Crippen LogP contribution in [0.1, 0.15) is 187 Å². The Hall–Kier alpha value is -0.530. The quantitative estimate of drug-likeness (QED) is 0.109. The van der Waals surface area contributed by atoms with Crippen LogP contribution in [0.4, 0.5) is 0 Å². The van der Waals surface area contributed by atoms with Crippen LogP contribution in [0.2, 0.25) is 0 Å². The highest BCUT2D eigenvalue weighted by molar-refractivity contribution is 5.72. The smallest absolute Gasteiger partial charge is 0.238 e. The van der Waals surface area contributed by atoms with Gasteiger partial charge in [0.05, 0.1) is 0 Å². The minimum atomic E-state index is -0.399. The molecule has 32 heavy (non-hydrogen) atoms. The highest BCUT2D eigenvalue weighted by atomic mass is 16.1. The average molecular weight is 451 g/mol. The number of nitrogens with one attached hydrogen (secondary N) is 1.